The zero-order valence-electron chi connectivity index (χ0n) is 20.1. The van der Waals surface area contributed by atoms with E-state index in [0.29, 0.717) is 27.0 Å². The lowest BCUT2D eigenvalue weighted by atomic mass is 10.1. The Kier molecular flexibility index (Phi) is 7.06. The van der Waals surface area contributed by atoms with Gasteiger partial charge in [0.15, 0.2) is 5.16 Å². The predicted octanol–water partition coefficient (Wildman–Crippen LogP) is 3.36. The molecular weight excluding hydrogens is 576 g/mol. The molecule has 0 spiro atoms. The van der Waals surface area contributed by atoms with Crippen LogP contribution in [0.5, 0.6) is 0 Å². The molecule has 0 bridgehead atoms. The summed E-state index contributed by atoms with van der Waals surface area (Å²) in [6.45, 7) is -1.18. The van der Waals surface area contributed by atoms with Crippen LogP contribution < -0.4 is 11.2 Å². The van der Waals surface area contributed by atoms with Crippen molar-refractivity contribution in [2.75, 3.05) is 6.26 Å². The minimum atomic E-state index is -5.13. The lowest BCUT2D eigenvalue weighted by molar-refractivity contribution is -0.137. The predicted molar refractivity (Wildman–Crippen MR) is 138 cm³/mol. The van der Waals surface area contributed by atoms with Crippen molar-refractivity contribution in [2.24, 2.45) is 0 Å². The Balaban J connectivity index is 1.87. The number of fused-ring (bicyclic) bond motifs is 3. The van der Waals surface area contributed by atoms with Gasteiger partial charge in [0.1, 0.15) is 12.2 Å². The normalized spacial score (nSPS) is 12.3. The molecule has 0 amide bonds. The van der Waals surface area contributed by atoms with E-state index in [1.54, 1.807) is 18.4 Å². The maximum Gasteiger partial charge on any atom is 0.471 e. The molecule has 0 aliphatic carbocycles. The quantitative estimate of drug-likeness (QED) is 0.129. The zero-order chi connectivity index (χ0) is 28.8. The molecule has 0 unspecified atom stereocenters. The van der Waals surface area contributed by atoms with Crippen LogP contribution in [0.15, 0.2) is 69.7 Å². The fourth-order valence-corrected chi connectivity index (χ4v) is 4.49. The molecular formula is C23H16F3N6O6PS. The highest BCUT2D eigenvalue weighted by atomic mass is 32.2. The lowest BCUT2D eigenvalue weighted by Crippen LogP contribution is -2.40. The van der Waals surface area contributed by atoms with Gasteiger partial charge in [0.05, 0.1) is 33.4 Å². The molecule has 40 heavy (non-hydrogen) atoms. The molecule has 17 heteroatoms. The van der Waals surface area contributed by atoms with E-state index in [2.05, 4.69) is 24.5 Å². The van der Waals surface area contributed by atoms with Crippen molar-refractivity contribution in [3.8, 4) is 16.9 Å². The second-order valence-electron chi connectivity index (χ2n) is 8.19. The number of hydrogen-bond donors (Lipinski definition) is 2. The molecule has 0 radical (unpaired) electrons. The zero-order valence-corrected chi connectivity index (χ0v) is 21.8. The van der Waals surface area contributed by atoms with Crippen molar-refractivity contribution in [3.05, 3.63) is 81.4 Å². The molecule has 0 fully saturated rings. The third kappa shape index (κ3) is 5.26. The fraction of sp³-hybridized carbons (Fsp3) is 0.130. The minimum absolute atomic E-state index is 0.00129. The first-order valence-electron chi connectivity index (χ1n) is 11.1. The van der Waals surface area contributed by atoms with Gasteiger partial charge in [0.2, 0.25) is 0 Å². The van der Waals surface area contributed by atoms with Crippen LogP contribution in [0.4, 0.5) is 13.2 Å². The number of halogens is 3. The standard InChI is InChI=1S/C23H16F3N6O6PS/c1-40-21-28-8-12(9-29-21)16-5-6-17-18(30-16)19-15(10-27-17)20(33)31(11-38-39(35,36)37)22(34)32(19)14-4-2-3-13(7-14)23(24,25)26/h2-10H,11H2,1H3,(H2,35,36,37). The Labute approximate surface area is 225 Å². The van der Waals surface area contributed by atoms with Gasteiger partial charge in [0.25, 0.3) is 5.56 Å². The number of thioether (sulfide) groups is 1. The highest BCUT2D eigenvalue weighted by molar-refractivity contribution is 7.98. The minimum Gasteiger partial charge on any atom is -0.303 e. The number of alkyl halides is 3. The van der Waals surface area contributed by atoms with Crippen LogP contribution in [0.2, 0.25) is 0 Å². The highest BCUT2D eigenvalue weighted by Crippen LogP contribution is 2.36. The molecule has 2 N–H and O–H groups in total. The molecule has 206 valence electrons. The van der Waals surface area contributed by atoms with Gasteiger partial charge in [-0.05, 0) is 36.6 Å². The van der Waals surface area contributed by atoms with Crippen molar-refractivity contribution < 1.29 is 32.0 Å². The van der Waals surface area contributed by atoms with Gasteiger partial charge in [-0.15, -0.1) is 0 Å². The maximum atomic E-state index is 13.6. The van der Waals surface area contributed by atoms with Gasteiger partial charge in [-0.2, -0.15) is 13.2 Å². The number of pyridine rings is 2. The van der Waals surface area contributed by atoms with E-state index >= 15 is 0 Å². The van der Waals surface area contributed by atoms with E-state index in [-0.39, 0.29) is 27.6 Å². The van der Waals surface area contributed by atoms with Crippen molar-refractivity contribution in [3.63, 3.8) is 0 Å². The number of hydrogen-bond acceptors (Lipinski definition) is 9. The number of nitrogens with zero attached hydrogens (tertiary/aromatic N) is 6. The topological polar surface area (TPSA) is 162 Å². The first-order valence-corrected chi connectivity index (χ1v) is 13.8. The lowest BCUT2D eigenvalue weighted by Gasteiger charge is -2.17. The second-order valence-corrected chi connectivity index (χ2v) is 10.2. The van der Waals surface area contributed by atoms with Crippen LogP contribution in [-0.4, -0.2) is 45.1 Å². The third-order valence-electron chi connectivity index (χ3n) is 5.70. The molecule has 4 heterocycles. The molecule has 0 saturated carbocycles. The summed E-state index contributed by atoms with van der Waals surface area (Å²) in [6.07, 6.45) is 1.15. The summed E-state index contributed by atoms with van der Waals surface area (Å²) < 4.78 is 57.4. The van der Waals surface area contributed by atoms with Crippen LogP contribution >= 0.6 is 19.6 Å². The van der Waals surface area contributed by atoms with Crippen LogP contribution in [0.25, 0.3) is 38.9 Å². The second kappa shape index (κ2) is 10.2. The highest BCUT2D eigenvalue weighted by Gasteiger charge is 2.31. The third-order valence-corrected chi connectivity index (χ3v) is 6.73. The van der Waals surface area contributed by atoms with Crippen molar-refractivity contribution in [1.29, 1.82) is 0 Å². The van der Waals surface area contributed by atoms with Crippen LogP contribution in [0.1, 0.15) is 5.56 Å². The van der Waals surface area contributed by atoms with Gasteiger partial charge < -0.3 is 9.79 Å². The average molecular weight is 592 g/mol. The number of rotatable bonds is 6. The molecule has 0 saturated heterocycles. The maximum absolute atomic E-state index is 13.6. The Morgan fingerprint density at radius 3 is 2.42 bits per heavy atom. The first-order chi connectivity index (χ1) is 18.9. The molecule has 4 aromatic heterocycles. The van der Waals surface area contributed by atoms with Crippen molar-refractivity contribution in [1.82, 2.24) is 29.1 Å². The fourth-order valence-electron chi connectivity index (χ4n) is 3.91. The molecule has 0 aliphatic rings. The van der Waals surface area contributed by atoms with Crippen LogP contribution in [0, 0.1) is 0 Å². The average Bonchev–Trinajstić information content (AvgIpc) is 2.92. The number of phosphoric ester groups is 1. The number of aromatic nitrogens is 6. The summed E-state index contributed by atoms with van der Waals surface area (Å²) in [7, 11) is -5.13. The first kappa shape index (κ1) is 27.6. The van der Waals surface area contributed by atoms with Crippen molar-refractivity contribution >= 4 is 41.5 Å². The van der Waals surface area contributed by atoms with Gasteiger partial charge in [-0.1, -0.05) is 17.8 Å². The van der Waals surface area contributed by atoms with E-state index in [0.717, 1.165) is 22.9 Å². The molecule has 0 aliphatic heterocycles. The Morgan fingerprint density at radius 1 is 1.05 bits per heavy atom. The van der Waals surface area contributed by atoms with E-state index in [1.807, 2.05) is 0 Å². The summed E-state index contributed by atoms with van der Waals surface area (Å²) in [4.78, 5) is 62.2. The van der Waals surface area contributed by atoms with Gasteiger partial charge in [0, 0.05) is 24.2 Å². The van der Waals surface area contributed by atoms with Gasteiger partial charge in [-0.25, -0.2) is 28.9 Å². The molecule has 12 nitrogen and oxygen atoms in total. The summed E-state index contributed by atoms with van der Waals surface area (Å²) in [5.41, 5.74) is -2.80. The SMILES string of the molecule is CSc1ncc(-c2ccc3ncc4c(=O)n(COP(=O)(O)O)c(=O)n(-c5cccc(C(F)(F)F)c5)c4c3n2)cn1. The van der Waals surface area contributed by atoms with Gasteiger partial charge in [-0.3, -0.25) is 18.9 Å². The monoisotopic (exact) mass is 592 g/mol. The number of phosphoric acid groups is 1. The molecule has 5 rings (SSSR count). The van der Waals surface area contributed by atoms with E-state index in [1.165, 1.54) is 30.2 Å². The Bertz CT molecular complexity index is 1940. The summed E-state index contributed by atoms with van der Waals surface area (Å²) >= 11 is 1.32. The van der Waals surface area contributed by atoms with Crippen LogP contribution in [-0.2, 0) is 22.0 Å². The largest absolute Gasteiger partial charge is 0.471 e. The van der Waals surface area contributed by atoms with E-state index < -0.39 is 37.5 Å². The molecule has 5 aromatic rings. The number of benzene rings is 1. The summed E-state index contributed by atoms with van der Waals surface area (Å²) in [6, 6.07) is 6.93. The molecule has 1 aromatic carbocycles. The Hall–Kier alpha value is -3.95. The summed E-state index contributed by atoms with van der Waals surface area (Å²) in [5.74, 6) is 0. The van der Waals surface area contributed by atoms with E-state index in [4.69, 9.17) is 9.79 Å². The summed E-state index contributed by atoms with van der Waals surface area (Å²) in [5, 5.41) is 0.241. The van der Waals surface area contributed by atoms with Gasteiger partial charge >= 0.3 is 19.7 Å². The van der Waals surface area contributed by atoms with E-state index in [9.17, 15) is 27.3 Å². The van der Waals surface area contributed by atoms with Crippen LogP contribution in [0.3, 0.4) is 0 Å². The smallest absolute Gasteiger partial charge is 0.303 e. The van der Waals surface area contributed by atoms with Crippen molar-refractivity contribution in [2.45, 2.75) is 18.1 Å². The Morgan fingerprint density at radius 2 is 1.77 bits per heavy atom. The molecule has 0 atom stereocenters.